The van der Waals surface area contributed by atoms with Gasteiger partial charge in [-0.25, -0.2) is 0 Å². The molecular formula is C11H18ClN5. The summed E-state index contributed by atoms with van der Waals surface area (Å²) in [5, 5.41) is 20.6. The molecule has 0 heterocycles. The summed E-state index contributed by atoms with van der Waals surface area (Å²) >= 11 is 0. The van der Waals surface area contributed by atoms with Crippen LogP contribution in [0.15, 0.2) is 30.3 Å². The molecular weight excluding hydrogens is 238 g/mol. The van der Waals surface area contributed by atoms with Crippen LogP contribution in [0.1, 0.15) is 5.56 Å². The van der Waals surface area contributed by atoms with Gasteiger partial charge in [-0.15, -0.1) is 12.4 Å². The summed E-state index contributed by atoms with van der Waals surface area (Å²) in [7, 11) is 3.50. The van der Waals surface area contributed by atoms with Crippen LogP contribution in [0.5, 0.6) is 0 Å². The van der Waals surface area contributed by atoms with Crippen molar-refractivity contribution in [1.82, 2.24) is 15.5 Å². The van der Waals surface area contributed by atoms with Crippen LogP contribution >= 0.6 is 12.4 Å². The average Bonchev–Trinajstić information content (AvgIpc) is 2.27. The number of rotatable bonds is 2. The molecule has 0 unspecified atom stereocenters. The molecule has 0 saturated carbocycles. The monoisotopic (exact) mass is 255 g/mol. The van der Waals surface area contributed by atoms with Gasteiger partial charge in [-0.3, -0.25) is 16.1 Å². The van der Waals surface area contributed by atoms with E-state index in [1.807, 2.05) is 30.3 Å². The molecule has 94 valence electrons. The first-order chi connectivity index (χ1) is 7.59. The minimum absolute atomic E-state index is 0. The predicted octanol–water partition coefficient (Wildman–Crippen LogP) is 1.22. The third-order valence-corrected chi connectivity index (χ3v) is 2.00. The first-order valence-electron chi connectivity index (χ1n) is 4.99. The van der Waals surface area contributed by atoms with E-state index in [0.29, 0.717) is 6.54 Å². The van der Waals surface area contributed by atoms with Crippen LogP contribution < -0.4 is 10.6 Å². The Labute approximate surface area is 108 Å². The normalized spacial score (nSPS) is 8.82. The third kappa shape index (κ3) is 5.77. The lowest BCUT2D eigenvalue weighted by molar-refractivity contribution is 0.597. The van der Waals surface area contributed by atoms with E-state index in [9.17, 15) is 0 Å². The highest BCUT2D eigenvalue weighted by Gasteiger charge is 2.01. The van der Waals surface area contributed by atoms with Crippen molar-refractivity contribution in [2.45, 2.75) is 6.54 Å². The van der Waals surface area contributed by atoms with Gasteiger partial charge in [-0.05, 0) is 5.56 Å². The first kappa shape index (κ1) is 15.2. The van der Waals surface area contributed by atoms with Gasteiger partial charge >= 0.3 is 0 Å². The van der Waals surface area contributed by atoms with Gasteiger partial charge in [0.05, 0.1) is 0 Å². The van der Waals surface area contributed by atoms with Gasteiger partial charge in [-0.1, -0.05) is 30.3 Å². The summed E-state index contributed by atoms with van der Waals surface area (Å²) < 4.78 is 0. The molecule has 1 aromatic carbocycles. The Morgan fingerprint density at radius 2 is 1.76 bits per heavy atom. The summed E-state index contributed by atoms with van der Waals surface area (Å²) in [6.07, 6.45) is 0. The number of nitrogens with zero attached hydrogens (tertiary/aromatic N) is 1. The number of hydrogen-bond donors (Lipinski definition) is 4. The van der Waals surface area contributed by atoms with Gasteiger partial charge < -0.3 is 10.2 Å². The quantitative estimate of drug-likeness (QED) is 0.474. The van der Waals surface area contributed by atoms with Crippen LogP contribution in [0.4, 0.5) is 0 Å². The van der Waals surface area contributed by atoms with Crippen molar-refractivity contribution in [3.63, 3.8) is 0 Å². The Hall–Kier alpha value is -1.75. The van der Waals surface area contributed by atoms with E-state index in [0.717, 1.165) is 5.56 Å². The molecule has 0 aliphatic carbocycles. The lowest BCUT2D eigenvalue weighted by Gasteiger charge is -2.16. The standard InChI is InChI=1S/C11H17N5.ClH/c1-16(2)11(13)15-10(12)14-8-9-6-4-3-5-7-9;/h3-7H,8H2,1-2H3,(H4,12,13,14,15);1H. The molecule has 4 N–H and O–H groups in total. The Morgan fingerprint density at radius 3 is 2.29 bits per heavy atom. The molecule has 0 aliphatic rings. The maximum atomic E-state index is 7.57. The molecule has 1 rings (SSSR count). The van der Waals surface area contributed by atoms with E-state index in [-0.39, 0.29) is 24.3 Å². The van der Waals surface area contributed by atoms with Crippen LogP contribution in [-0.2, 0) is 6.54 Å². The highest BCUT2D eigenvalue weighted by atomic mass is 35.5. The van der Waals surface area contributed by atoms with Gasteiger partial charge in [0.25, 0.3) is 0 Å². The molecule has 0 amide bonds. The lowest BCUT2D eigenvalue weighted by atomic mass is 10.2. The van der Waals surface area contributed by atoms with Crippen LogP contribution in [0.25, 0.3) is 0 Å². The van der Waals surface area contributed by atoms with Crippen molar-refractivity contribution in [3.05, 3.63) is 35.9 Å². The van der Waals surface area contributed by atoms with Crippen molar-refractivity contribution in [2.75, 3.05) is 14.1 Å². The fourth-order valence-corrected chi connectivity index (χ4v) is 1.06. The van der Waals surface area contributed by atoms with E-state index < -0.39 is 0 Å². The van der Waals surface area contributed by atoms with Gasteiger partial charge in [0.2, 0.25) is 0 Å². The van der Waals surface area contributed by atoms with Gasteiger partial charge in [0, 0.05) is 20.6 Å². The Bertz CT molecular complexity index is 363. The highest BCUT2D eigenvalue weighted by molar-refractivity contribution is 5.95. The molecule has 0 atom stereocenters. The minimum Gasteiger partial charge on any atom is -0.352 e. The fourth-order valence-electron chi connectivity index (χ4n) is 1.06. The van der Waals surface area contributed by atoms with Crippen LogP contribution in [0.2, 0.25) is 0 Å². The zero-order chi connectivity index (χ0) is 12.0. The first-order valence-corrected chi connectivity index (χ1v) is 4.99. The van der Waals surface area contributed by atoms with Crippen LogP contribution in [-0.4, -0.2) is 30.9 Å². The summed E-state index contributed by atoms with van der Waals surface area (Å²) in [6, 6.07) is 9.83. The Balaban J connectivity index is 0.00000256. The number of nitrogens with one attached hydrogen (secondary N) is 4. The SMILES string of the molecule is CN(C)C(=N)NC(=N)NCc1ccccc1.Cl. The summed E-state index contributed by atoms with van der Waals surface area (Å²) in [6.45, 7) is 0.577. The second kappa shape index (κ2) is 7.51. The largest absolute Gasteiger partial charge is 0.352 e. The molecule has 5 nitrogen and oxygen atoms in total. The zero-order valence-electron chi connectivity index (χ0n) is 9.95. The molecule has 0 saturated heterocycles. The van der Waals surface area contributed by atoms with Gasteiger partial charge in [0.15, 0.2) is 11.9 Å². The second-order valence-corrected chi connectivity index (χ2v) is 3.58. The second-order valence-electron chi connectivity index (χ2n) is 3.58. The lowest BCUT2D eigenvalue weighted by Crippen LogP contribution is -2.45. The summed E-state index contributed by atoms with van der Waals surface area (Å²) in [5.74, 6) is 0.313. The third-order valence-electron chi connectivity index (χ3n) is 2.00. The molecule has 0 aliphatic heterocycles. The van der Waals surface area contributed by atoms with Crippen molar-refractivity contribution >= 4 is 24.3 Å². The maximum absolute atomic E-state index is 7.57. The summed E-state index contributed by atoms with van der Waals surface area (Å²) in [5.41, 5.74) is 1.10. The number of hydrogen-bond acceptors (Lipinski definition) is 2. The molecule has 6 heteroatoms. The topological polar surface area (TPSA) is 75.0 Å². The van der Waals surface area contributed by atoms with E-state index in [4.69, 9.17) is 10.8 Å². The van der Waals surface area contributed by atoms with Crippen molar-refractivity contribution < 1.29 is 0 Å². The van der Waals surface area contributed by atoms with Crippen molar-refractivity contribution in [3.8, 4) is 0 Å². The molecule has 1 aromatic rings. The zero-order valence-corrected chi connectivity index (χ0v) is 10.8. The highest BCUT2D eigenvalue weighted by Crippen LogP contribution is 1.96. The van der Waals surface area contributed by atoms with Crippen LogP contribution in [0, 0.1) is 10.8 Å². The molecule has 0 bridgehead atoms. The van der Waals surface area contributed by atoms with Crippen LogP contribution in [0.3, 0.4) is 0 Å². The van der Waals surface area contributed by atoms with Gasteiger partial charge in [-0.2, -0.15) is 0 Å². The molecule has 0 radical (unpaired) electrons. The molecule has 0 fully saturated rings. The van der Waals surface area contributed by atoms with E-state index in [1.165, 1.54) is 0 Å². The smallest absolute Gasteiger partial charge is 0.197 e. The number of guanidine groups is 2. The number of halogens is 1. The molecule has 0 spiro atoms. The van der Waals surface area contributed by atoms with E-state index in [1.54, 1.807) is 19.0 Å². The van der Waals surface area contributed by atoms with E-state index in [2.05, 4.69) is 10.6 Å². The minimum atomic E-state index is 0. The molecule has 17 heavy (non-hydrogen) atoms. The Kier molecular flexibility index (Phi) is 6.74. The van der Waals surface area contributed by atoms with E-state index >= 15 is 0 Å². The summed E-state index contributed by atoms with van der Waals surface area (Å²) in [4.78, 5) is 1.60. The fraction of sp³-hybridized carbons (Fsp3) is 0.273. The molecule has 0 aromatic heterocycles. The van der Waals surface area contributed by atoms with Crippen molar-refractivity contribution in [2.24, 2.45) is 0 Å². The Morgan fingerprint density at radius 1 is 1.18 bits per heavy atom. The predicted molar refractivity (Wildman–Crippen MR) is 72.8 cm³/mol. The van der Waals surface area contributed by atoms with Crippen molar-refractivity contribution in [1.29, 1.82) is 10.8 Å². The van der Waals surface area contributed by atoms with Gasteiger partial charge in [0.1, 0.15) is 0 Å². The number of benzene rings is 1. The average molecular weight is 256 g/mol. The maximum Gasteiger partial charge on any atom is 0.197 e.